The van der Waals surface area contributed by atoms with Crippen LogP contribution >= 0.6 is 0 Å². The summed E-state index contributed by atoms with van der Waals surface area (Å²) in [7, 11) is 2.18. The molecule has 1 aliphatic carbocycles. The summed E-state index contributed by atoms with van der Waals surface area (Å²) >= 11 is 0. The third-order valence-corrected chi connectivity index (χ3v) is 11.0. The summed E-state index contributed by atoms with van der Waals surface area (Å²) in [5, 5.41) is 2.42. The Kier molecular flexibility index (Phi) is 8.70. The van der Waals surface area contributed by atoms with Crippen LogP contribution in [0.1, 0.15) is 60.6 Å². The summed E-state index contributed by atoms with van der Waals surface area (Å²) in [6.07, 6.45) is 7.89. The molecule has 0 aromatic heterocycles. The van der Waals surface area contributed by atoms with Crippen LogP contribution < -0.4 is 9.80 Å². The molecule has 6 aromatic carbocycles. The zero-order chi connectivity index (χ0) is 35.0. The van der Waals surface area contributed by atoms with E-state index >= 15 is 0 Å². The van der Waals surface area contributed by atoms with Crippen molar-refractivity contribution in [2.24, 2.45) is 0 Å². The van der Waals surface area contributed by atoms with E-state index in [0.717, 1.165) is 19.4 Å². The van der Waals surface area contributed by atoms with E-state index in [-0.39, 0.29) is 5.41 Å². The number of hydrogen-bond donors (Lipinski definition) is 0. The molecule has 2 heteroatoms. The third kappa shape index (κ3) is 5.99. The Bertz CT molecular complexity index is 2340. The van der Waals surface area contributed by atoms with E-state index in [1.54, 1.807) is 0 Å². The number of anilines is 4. The SMILES string of the molecule is CCc1ccccc1N(C)c1ccccccc(/C=C/c2ccc3c(c2)C(C)(C)c2cc(N4CCCc5ccccc54)ccc2-3)c2ccccc12. The fourth-order valence-electron chi connectivity index (χ4n) is 8.28. The summed E-state index contributed by atoms with van der Waals surface area (Å²) in [4.78, 5) is 4.85. The average Bonchev–Trinajstić information content (AvgIpc) is 3.40. The lowest BCUT2D eigenvalue weighted by Crippen LogP contribution is -2.25. The van der Waals surface area contributed by atoms with Crippen LogP contribution in [0.4, 0.5) is 22.7 Å². The van der Waals surface area contributed by atoms with Gasteiger partial charge in [0.15, 0.2) is 0 Å². The predicted molar refractivity (Wildman–Crippen MR) is 220 cm³/mol. The molecule has 0 unspecified atom stereocenters. The van der Waals surface area contributed by atoms with Gasteiger partial charge in [-0.3, -0.25) is 0 Å². The minimum atomic E-state index is -0.101. The molecule has 0 N–H and O–H groups in total. The molecule has 2 nitrogen and oxygen atoms in total. The van der Waals surface area contributed by atoms with Crippen molar-refractivity contribution in [2.75, 3.05) is 23.4 Å². The first kappa shape index (κ1) is 32.6. The zero-order valence-electron chi connectivity index (χ0n) is 30.2. The monoisotopic (exact) mass is 662 g/mol. The van der Waals surface area contributed by atoms with Crippen molar-refractivity contribution in [1.29, 1.82) is 0 Å². The van der Waals surface area contributed by atoms with Crippen molar-refractivity contribution in [1.82, 2.24) is 0 Å². The van der Waals surface area contributed by atoms with Gasteiger partial charge in [0.25, 0.3) is 0 Å². The molecule has 2 aliphatic rings. The van der Waals surface area contributed by atoms with Gasteiger partial charge in [-0.05, 0) is 99.5 Å². The van der Waals surface area contributed by atoms with Gasteiger partial charge in [0, 0.05) is 47.1 Å². The van der Waals surface area contributed by atoms with Gasteiger partial charge in [-0.2, -0.15) is 0 Å². The molecule has 252 valence electrons. The average molecular weight is 663 g/mol. The van der Waals surface area contributed by atoms with Crippen LogP contribution in [0.15, 0.2) is 146 Å². The molecule has 0 fully saturated rings. The highest BCUT2D eigenvalue weighted by molar-refractivity contribution is 6.00. The molecule has 0 bridgehead atoms. The highest BCUT2D eigenvalue weighted by Gasteiger charge is 2.36. The number of hydrogen-bond acceptors (Lipinski definition) is 2. The first-order chi connectivity index (χ1) is 24.9. The maximum Gasteiger partial charge on any atom is 0.0488 e. The number of rotatable bonds is 6. The van der Waals surface area contributed by atoms with Gasteiger partial charge in [-0.15, -0.1) is 0 Å². The van der Waals surface area contributed by atoms with Gasteiger partial charge in [0.2, 0.25) is 0 Å². The number of fused-ring (bicyclic) bond motifs is 5. The highest BCUT2D eigenvalue weighted by Crippen LogP contribution is 2.50. The van der Waals surface area contributed by atoms with E-state index in [0.29, 0.717) is 0 Å². The lowest BCUT2D eigenvalue weighted by molar-refractivity contribution is 0.659. The predicted octanol–water partition coefficient (Wildman–Crippen LogP) is 12.9. The fourth-order valence-corrected chi connectivity index (χ4v) is 8.28. The molecule has 6 aromatic rings. The quantitative estimate of drug-likeness (QED) is 0.175. The molecule has 0 saturated heterocycles. The van der Waals surface area contributed by atoms with E-state index in [1.807, 2.05) is 0 Å². The number of nitrogens with zero attached hydrogens (tertiary/aromatic N) is 2. The van der Waals surface area contributed by atoms with Gasteiger partial charge >= 0.3 is 0 Å². The highest BCUT2D eigenvalue weighted by atomic mass is 15.1. The van der Waals surface area contributed by atoms with Crippen LogP contribution in [0.2, 0.25) is 0 Å². The molecule has 0 amide bonds. The molecule has 0 radical (unpaired) electrons. The summed E-state index contributed by atoms with van der Waals surface area (Å²) in [6.45, 7) is 8.06. The van der Waals surface area contributed by atoms with Crippen molar-refractivity contribution < 1.29 is 0 Å². The first-order valence-electron chi connectivity index (χ1n) is 18.4. The Morgan fingerprint density at radius 1 is 0.647 bits per heavy atom. The van der Waals surface area contributed by atoms with E-state index < -0.39 is 0 Å². The molecular formula is C49H46N2. The van der Waals surface area contributed by atoms with E-state index in [9.17, 15) is 0 Å². The fraction of sp³-hybridized carbons (Fsp3) is 0.184. The molecule has 0 spiro atoms. The maximum atomic E-state index is 2.52. The van der Waals surface area contributed by atoms with Crippen molar-refractivity contribution >= 4 is 45.7 Å². The Morgan fingerprint density at radius 2 is 1.31 bits per heavy atom. The molecular weight excluding hydrogens is 617 g/mol. The largest absolute Gasteiger partial charge is 0.344 e. The summed E-state index contributed by atoms with van der Waals surface area (Å²) < 4.78 is 0. The van der Waals surface area contributed by atoms with Crippen LogP contribution in [0.3, 0.4) is 0 Å². The van der Waals surface area contributed by atoms with Gasteiger partial charge in [-0.25, -0.2) is 0 Å². The normalized spacial score (nSPS) is 14.2. The van der Waals surface area contributed by atoms with Crippen molar-refractivity contribution in [3.05, 3.63) is 179 Å². The maximum absolute atomic E-state index is 2.52. The minimum Gasteiger partial charge on any atom is -0.344 e. The molecule has 1 aliphatic heterocycles. The van der Waals surface area contributed by atoms with Gasteiger partial charge in [0.05, 0.1) is 0 Å². The first-order valence-corrected chi connectivity index (χ1v) is 18.4. The van der Waals surface area contributed by atoms with E-state index in [2.05, 4.69) is 195 Å². The number of para-hydroxylation sites is 2. The lowest BCUT2D eigenvalue weighted by Gasteiger charge is -2.32. The lowest BCUT2D eigenvalue weighted by atomic mass is 9.81. The Labute approximate surface area is 303 Å². The topological polar surface area (TPSA) is 6.48 Å². The Balaban J connectivity index is 1.17. The summed E-state index contributed by atoms with van der Waals surface area (Å²) in [6, 6.07) is 53.5. The van der Waals surface area contributed by atoms with Crippen LogP contribution in [0.5, 0.6) is 0 Å². The number of aryl methyl sites for hydroxylation is 2. The van der Waals surface area contributed by atoms with Crippen LogP contribution in [0, 0.1) is 0 Å². The van der Waals surface area contributed by atoms with Crippen molar-refractivity contribution in [3.8, 4) is 11.1 Å². The zero-order valence-corrected chi connectivity index (χ0v) is 30.2. The van der Waals surface area contributed by atoms with Gasteiger partial charge < -0.3 is 9.80 Å². The van der Waals surface area contributed by atoms with Gasteiger partial charge in [-0.1, -0.05) is 148 Å². The molecule has 0 saturated carbocycles. The van der Waals surface area contributed by atoms with Crippen molar-refractivity contribution in [3.63, 3.8) is 0 Å². The standard InChI is InChI=1S/C49H46N2/c1-5-36-17-10-14-23-46(36)50(4)48-25-9-7-6-8-18-37(40-21-12-13-22-43(40)48)28-26-35-27-30-41-42-31-29-39(34-45(42)49(2,3)44(41)33-35)51-32-16-20-38-19-11-15-24-47(38)51/h6-15,17-19,21-31,33-34H,5,16,20,32H2,1-4H3/b7-6?,8-6?,9-7?,18-8?,25-9?,28-26+,37-18?,40-37?,48-25?,48-43?. The van der Waals surface area contributed by atoms with Gasteiger partial charge in [0.1, 0.15) is 0 Å². The summed E-state index contributed by atoms with van der Waals surface area (Å²) in [5.41, 5.74) is 15.6. The summed E-state index contributed by atoms with van der Waals surface area (Å²) in [5.74, 6) is 0. The molecule has 8 rings (SSSR count). The second-order valence-corrected chi connectivity index (χ2v) is 14.4. The van der Waals surface area contributed by atoms with Crippen molar-refractivity contribution in [2.45, 2.75) is 45.4 Å². The second-order valence-electron chi connectivity index (χ2n) is 14.4. The van der Waals surface area contributed by atoms with Crippen LogP contribution in [0.25, 0.3) is 34.1 Å². The molecule has 51 heavy (non-hydrogen) atoms. The smallest absolute Gasteiger partial charge is 0.0488 e. The van der Waals surface area contributed by atoms with E-state index in [4.69, 9.17) is 0 Å². The Hall–Kier alpha value is -5.60. The Morgan fingerprint density at radius 3 is 2.16 bits per heavy atom. The van der Waals surface area contributed by atoms with Crippen LogP contribution in [-0.2, 0) is 18.3 Å². The van der Waals surface area contributed by atoms with E-state index in [1.165, 1.54) is 84.5 Å². The third-order valence-electron chi connectivity index (χ3n) is 11.0. The number of benzene rings is 5. The molecule has 1 heterocycles. The second kappa shape index (κ2) is 13.6. The minimum absolute atomic E-state index is 0.101. The van der Waals surface area contributed by atoms with Crippen LogP contribution in [-0.4, -0.2) is 13.6 Å². The molecule has 0 atom stereocenters.